The van der Waals surface area contributed by atoms with Crippen LogP contribution in [0, 0.1) is 5.92 Å². The maximum absolute atomic E-state index is 11.3. The van der Waals surface area contributed by atoms with Crippen LogP contribution < -0.4 is 0 Å². The fraction of sp³-hybridized carbons (Fsp3) is 0.900. The van der Waals surface area contributed by atoms with Gasteiger partial charge in [-0.1, -0.05) is 0 Å². The Balaban J connectivity index is 2.59. The fourth-order valence-corrected chi connectivity index (χ4v) is 1.82. The third kappa shape index (κ3) is 2.45. The van der Waals surface area contributed by atoms with Crippen molar-refractivity contribution in [3.8, 4) is 0 Å². The number of hydrogen-bond donors (Lipinski definition) is 1. The summed E-state index contributed by atoms with van der Waals surface area (Å²) in [6.45, 7) is 5.63. The van der Waals surface area contributed by atoms with Crippen molar-refractivity contribution in [1.82, 2.24) is 4.90 Å². The molecule has 4 heteroatoms. The molecule has 0 radical (unpaired) electrons. The Bertz CT molecular complexity index is 206. The summed E-state index contributed by atoms with van der Waals surface area (Å²) in [7, 11) is 1.36. The van der Waals surface area contributed by atoms with E-state index in [4.69, 9.17) is 0 Å². The van der Waals surface area contributed by atoms with Crippen LogP contribution in [0.2, 0.25) is 0 Å². The largest absolute Gasteiger partial charge is 0.469 e. The van der Waals surface area contributed by atoms with E-state index >= 15 is 0 Å². The van der Waals surface area contributed by atoms with Crippen LogP contribution in [0.15, 0.2) is 0 Å². The van der Waals surface area contributed by atoms with E-state index in [2.05, 4.69) is 23.5 Å². The Morgan fingerprint density at radius 1 is 1.57 bits per heavy atom. The Labute approximate surface area is 84.8 Å². The van der Waals surface area contributed by atoms with Crippen LogP contribution in [-0.2, 0) is 9.53 Å². The molecule has 1 N–H and O–H groups in total. The van der Waals surface area contributed by atoms with Crippen LogP contribution in [-0.4, -0.2) is 48.3 Å². The number of carbonyl (C=O) groups excluding carboxylic acids is 1. The van der Waals surface area contributed by atoms with Crippen molar-refractivity contribution in [3.05, 3.63) is 0 Å². The Morgan fingerprint density at radius 2 is 2.21 bits per heavy atom. The second-order valence-electron chi connectivity index (χ2n) is 4.07. The monoisotopic (exact) mass is 201 g/mol. The Morgan fingerprint density at radius 3 is 2.71 bits per heavy atom. The number of rotatable bonds is 2. The van der Waals surface area contributed by atoms with Gasteiger partial charge in [0.05, 0.1) is 19.1 Å². The second kappa shape index (κ2) is 4.75. The molecule has 0 aromatic rings. The van der Waals surface area contributed by atoms with Crippen molar-refractivity contribution < 1.29 is 14.6 Å². The fourth-order valence-electron chi connectivity index (χ4n) is 1.82. The summed E-state index contributed by atoms with van der Waals surface area (Å²) in [6.07, 6.45) is 0.107. The lowest BCUT2D eigenvalue weighted by Gasteiger charge is -2.36. The van der Waals surface area contributed by atoms with Gasteiger partial charge in [-0.05, 0) is 20.3 Å². The predicted molar refractivity (Wildman–Crippen MR) is 52.8 cm³/mol. The van der Waals surface area contributed by atoms with Crippen LogP contribution in [0.1, 0.15) is 20.3 Å². The molecule has 1 aliphatic rings. The number of carbonyl (C=O) groups is 1. The van der Waals surface area contributed by atoms with Gasteiger partial charge in [-0.15, -0.1) is 0 Å². The van der Waals surface area contributed by atoms with E-state index in [9.17, 15) is 9.90 Å². The van der Waals surface area contributed by atoms with Gasteiger partial charge in [-0.3, -0.25) is 9.69 Å². The number of nitrogens with zero attached hydrogens (tertiary/aromatic N) is 1. The summed E-state index contributed by atoms with van der Waals surface area (Å²) in [5.41, 5.74) is 0. The average molecular weight is 201 g/mol. The van der Waals surface area contributed by atoms with Gasteiger partial charge in [0, 0.05) is 19.1 Å². The minimum Gasteiger partial charge on any atom is -0.469 e. The molecule has 1 rings (SSSR count). The number of piperidine rings is 1. The first-order valence-electron chi connectivity index (χ1n) is 5.06. The molecule has 0 aromatic heterocycles. The Hall–Kier alpha value is -0.610. The highest BCUT2D eigenvalue weighted by Gasteiger charge is 2.34. The standard InChI is InChI=1S/C10H19NO3/c1-7(2)11-5-4-9(12)8(6-11)10(13)14-3/h7-9,12H,4-6H2,1-3H3/t8-,9-/m1/s1. The number of aliphatic hydroxyl groups excluding tert-OH is 1. The highest BCUT2D eigenvalue weighted by molar-refractivity contribution is 5.73. The molecule has 0 unspecified atom stereocenters. The number of ether oxygens (including phenoxy) is 1. The smallest absolute Gasteiger partial charge is 0.312 e. The van der Waals surface area contributed by atoms with Gasteiger partial charge in [0.15, 0.2) is 0 Å². The summed E-state index contributed by atoms with van der Waals surface area (Å²) < 4.78 is 4.66. The number of likely N-dealkylation sites (tertiary alicyclic amines) is 1. The van der Waals surface area contributed by atoms with E-state index in [0.717, 1.165) is 6.54 Å². The molecule has 0 saturated carbocycles. The lowest BCUT2D eigenvalue weighted by molar-refractivity contribution is -0.153. The minimum atomic E-state index is -0.544. The highest BCUT2D eigenvalue weighted by Crippen LogP contribution is 2.20. The normalized spacial score (nSPS) is 29.2. The van der Waals surface area contributed by atoms with Gasteiger partial charge < -0.3 is 9.84 Å². The summed E-state index contributed by atoms with van der Waals surface area (Å²) in [5, 5.41) is 9.64. The molecule has 14 heavy (non-hydrogen) atoms. The minimum absolute atomic E-state index is 0.303. The van der Waals surface area contributed by atoms with E-state index in [1.165, 1.54) is 7.11 Å². The zero-order valence-corrected chi connectivity index (χ0v) is 9.06. The lowest BCUT2D eigenvalue weighted by atomic mass is 9.94. The molecule has 0 amide bonds. The number of methoxy groups -OCH3 is 1. The highest BCUT2D eigenvalue weighted by atomic mass is 16.5. The Kier molecular flexibility index (Phi) is 3.89. The quantitative estimate of drug-likeness (QED) is 0.651. The van der Waals surface area contributed by atoms with Gasteiger partial charge >= 0.3 is 5.97 Å². The zero-order chi connectivity index (χ0) is 10.7. The molecule has 82 valence electrons. The predicted octanol–water partition coefficient (Wildman–Crippen LogP) is 0.251. The number of esters is 1. The van der Waals surface area contributed by atoms with Crippen LogP contribution in [0.5, 0.6) is 0 Å². The molecule has 0 aliphatic carbocycles. The molecular weight excluding hydrogens is 182 g/mol. The first kappa shape index (κ1) is 11.5. The van der Waals surface area contributed by atoms with Crippen molar-refractivity contribution in [1.29, 1.82) is 0 Å². The average Bonchev–Trinajstić information content (AvgIpc) is 2.17. The zero-order valence-electron chi connectivity index (χ0n) is 9.06. The molecule has 1 fully saturated rings. The third-order valence-corrected chi connectivity index (χ3v) is 2.84. The van der Waals surface area contributed by atoms with Crippen molar-refractivity contribution in [3.63, 3.8) is 0 Å². The first-order valence-corrected chi connectivity index (χ1v) is 5.06. The molecule has 1 saturated heterocycles. The lowest BCUT2D eigenvalue weighted by Crippen LogP contribution is -2.49. The van der Waals surface area contributed by atoms with Crippen molar-refractivity contribution >= 4 is 5.97 Å². The molecule has 4 nitrogen and oxygen atoms in total. The topological polar surface area (TPSA) is 49.8 Å². The molecule has 1 heterocycles. The molecule has 0 aromatic carbocycles. The summed E-state index contributed by atoms with van der Waals surface area (Å²) in [6, 6.07) is 0.412. The third-order valence-electron chi connectivity index (χ3n) is 2.84. The van der Waals surface area contributed by atoms with E-state index in [0.29, 0.717) is 19.0 Å². The van der Waals surface area contributed by atoms with Crippen molar-refractivity contribution in [2.45, 2.75) is 32.4 Å². The van der Waals surface area contributed by atoms with Crippen LogP contribution in [0.4, 0.5) is 0 Å². The summed E-state index contributed by atoms with van der Waals surface area (Å²) in [5.74, 6) is -0.681. The van der Waals surface area contributed by atoms with E-state index in [1.807, 2.05) is 0 Å². The summed E-state index contributed by atoms with van der Waals surface area (Å²) >= 11 is 0. The molecular formula is C10H19NO3. The molecule has 1 aliphatic heterocycles. The van der Waals surface area contributed by atoms with Gasteiger partial charge in [-0.2, -0.15) is 0 Å². The SMILES string of the molecule is COC(=O)[C@@H]1CN(C(C)C)CC[C@H]1O. The van der Waals surface area contributed by atoms with Gasteiger partial charge in [0.25, 0.3) is 0 Å². The van der Waals surface area contributed by atoms with Gasteiger partial charge in [-0.25, -0.2) is 0 Å². The maximum atomic E-state index is 11.3. The second-order valence-corrected chi connectivity index (χ2v) is 4.07. The number of aliphatic hydroxyl groups is 1. The van der Waals surface area contributed by atoms with Gasteiger partial charge in [0.2, 0.25) is 0 Å². The van der Waals surface area contributed by atoms with E-state index < -0.39 is 6.10 Å². The molecule has 2 atom stereocenters. The van der Waals surface area contributed by atoms with Crippen LogP contribution in [0.3, 0.4) is 0 Å². The maximum Gasteiger partial charge on any atom is 0.312 e. The molecule has 0 spiro atoms. The first-order chi connectivity index (χ1) is 6.56. The van der Waals surface area contributed by atoms with E-state index in [1.54, 1.807) is 0 Å². The molecule has 0 bridgehead atoms. The van der Waals surface area contributed by atoms with Crippen LogP contribution in [0.25, 0.3) is 0 Å². The van der Waals surface area contributed by atoms with Crippen LogP contribution >= 0.6 is 0 Å². The van der Waals surface area contributed by atoms with E-state index in [-0.39, 0.29) is 11.9 Å². The van der Waals surface area contributed by atoms with Crippen molar-refractivity contribution in [2.24, 2.45) is 5.92 Å². The van der Waals surface area contributed by atoms with Crippen molar-refractivity contribution in [2.75, 3.05) is 20.2 Å². The summed E-state index contributed by atoms with van der Waals surface area (Å²) in [4.78, 5) is 13.5. The number of hydrogen-bond acceptors (Lipinski definition) is 4. The van der Waals surface area contributed by atoms with Gasteiger partial charge in [0.1, 0.15) is 0 Å².